The number of halogens is 1. The molecule has 8 heteroatoms. The number of benzene rings is 2. The molecule has 39 heavy (non-hydrogen) atoms. The Balaban J connectivity index is 1.01. The van der Waals surface area contributed by atoms with E-state index in [1.807, 2.05) is 29.3 Å². The van der Waals surface area contributed by atoms with Gasteiger partial charge in [-0.15, -0.1) is 0 Å². The second-order valence-electron chi connectivity index (χ2n) is 11.3. The molecule has 1 saturated heterocycles. The smallest absolute Gasteiger partial charge is 0.306 e. The maximum absolute atomic E-state index is 13.2. The fourth-order valence-electron chi connectivity index (χ4n) is 6.16. The fourth-order valence-corrected chi connectivity index (χ4v) is 6.16. The standard InChI is InChI=1S/C31H38FN3O4/c32-26-8-6-24(17-29(26)36)20-39-30(37)18-22-4-2-21(3-5-22)16-23-10-14-35(15-11-23)31(38)25-7-9-27-28(19-25)34-13-1-12-33-27/h6-9,13,17,19,21-23,33,36H,1-5,10-12,14-16,18,20H2. The number of aromatic hydroxyl groups is 1. The highest BCUT2D eigenvalue weighted by atomic mass is 19.1. The third-order valence-corrected chi connectivity index (χ3v) is 8.46. The Hall–Kier alpha value is -3.42. The Kier molecular flexibility index (Phi) is 8.79. The van der Waals surface area contributed by atoms with Crippen LogP contribution in [0.4, 0.5) is 15.8 Å². The lowest BCUT2D eigenvalue weighted by atomic mass is 9.75. The number of fused-ring (bicyclic) bond motifs is 1. The number of carbonyl (C=O) groups excluding carboxylic acids is 2. The van der Waals surface area contributed by atoms with Crippen molar-refractivity contribution in [3.05, 3.63) is 53.3 Å². The van der Waals surface area contributed by atoms with Crippen LogP contribution in [0.15, 0.2) is 41.4 Å². The van der Waals surface area contributed by atoms with E-state index in [0.717, 1.165) is 76.0 Å². The van der Waals surface area contributed by atoms with Crippen LogP contribution < -0.4 is 5.32 Å². The van der Waals surface area contributed by atoms with Crippen LogP contribution in [0, 0.1) is 23.6 Å². The molecule has 0 radical (unpaired) electrons. The van der Waals surface area contributed by atoms with Crippen LogP contribution in [0.1, 0.15) is 73.7 Å². The maximum Gasteiger partial charge on any atom is 0.306 e. The number of nitrogens with one attached hydrogen (secondary N) is 1. The lowest BCUT2D eigenvalue weighted by Gasteiger charge is -2.35. The molecule has 2 aliphatic heterocycles. The van der Waals surface area contributed by atoms with E-state index in [-0.39, 0.29) is 18.5 Å². The molecule has 0 bridgehead atoms. The first-order chi connectivity index (χ1) is 18.9. The van der Waals surface area contributed by atoms with Crippen LogP contribution >= 0.6 is 0 Å². The van der Waals surface area contributed by atoms with Crippen molar-refractivity contribution in [2.24, 2.45) is 22.7 Å². The number of anilines is 1. The van der Waals surface area contributed by atoms with Crippen molar-refractivity contribution in [3.8, 4) is 5.75 Å². The van der Waals surface area contributed by atoms with Crippen LogP contribution in [0.3, 0.4) is 0 Å². The molecule has 0 spiro atoms. The summed E-state index contributed by atoms with van der Waals surface area (Å²) in [6, 6.07) is 9.74. The van der Waals surface area contributed by atoms with Gasteiger partial charge in [0.1, 0.15) is 6.61 Å². The molecular weight excluding hydrogens is 497 g/mol. The summed E-state index contributed by atoms with van der Waals surface area (Å²) in [6.07, 6.45) is 10.8. The first kappa shape index (κ1) is 27.2. The Morgan fingerprint density at radius 3 is 2.51 bits per heavy atom. The second kappa shape index (κ2) is 12.6. The summed E-state index contributed by atoms with van der Waals surface area (Å²) in [5.74, 6) is 0.411. The van der Waals surface area contributed by atoms with E-state index in [0.29, 0.717) is 35.3 Å². The van der Waals surface area contributed by atoms with Gasteiger partial charge in [-0.2, -0.15) is 0 Å². The lowest BCUT2D eigenvalue weighted by molar-refractivity contribution is -0.146. The van der Waals surface area contributed by atoms with Crippen molar-refractivity contribution in [1.29, 1.82) is 0 Å². The molecule has 208 valence electrons. The summed E-state index contributed by atoms with van der Waals surface area (Å²) in [4.78, 5) is 31.9. The molecule has 2 aromatic carbocycles. The summed E-state index contributed by atoms with van der Waals surface area (Å²) < 4.78 is 18.5. The maximum atomic E-state index is 13.2. The van der Waals surface area contributed by atoms with Gasteiger partial charge >= 0.3 is 5.97 Å². The number of nitrogens with zero attached hydrogens (tertiary/aromatic N) is 2. The largest absolute Gasteiger partial charge is 0.505 e. The van der Waals surface area contributed by atoms with Crippen LogP contribution in [-0.4, -0.2) is 47.7 Å². The van der Waals surface area contributed by atoms with Gasteiger partial charge in [-0.1, -0.05) is 18.9 Å². The molecule has 0 aromatic heterocycles. The normalized spacial score (nSPS) is 21.5. The number of esters is 1. The zero-order valence-corrected chi connectivity index (χ0v) is 22.4. The van der Waals surface area contributed by atoms with E-state index in [1.165, 1.54) is 24.6 Å². The summed E-state index contributed by atoms with van der Waals surface area (Å²) in [6.45, 7) is 2.50. The number of phenolic OH excluding ortho intramolecular Hbond substituents is 1. The Bertz CT molecular complexity index is 1200. The second-order valence-corrected chi connectivity index (χ2v) is 11.3. The van der Waals surface area contributed by atoms with E-state index in [1.54, 1.807) is 0 Å². The third kappa shape index (κ3) is 7.16. The molecule has 2 N–H and O–H groups in total. The summed E-state index contributed by atoms with van der Waals surface area (Å²) in [5.41, 5.74) is 3.10. The minimum Gasteiger partial charge on any atom is -0.505 e. The van der Waals surface area contributed by atoms with Crippen LogP contribution in [0.5, 0.6) is 5.75 Å². The van der Waals surface area contributed by atoms with Crippen LogP contribution in [0.2, 0.25) is 0 Å². The Labute approximate surface area is 229 Å². The quantitative estimate of drug-likeness (QED) is 0.410. The number of rotatable bonds is 7. The number of likely N-dealkylation sites (tertiary alicyclic amines) is 1. The molecule has 2 fully saturated rings. The predicted molar refractivity (Wildman–Crippen MR) is 149 cm³/mol. The van der Waals surface area contributed by atoms with Crippen LogP contribution in [-0.2, 0) is 16.1 Å². The van der Waals surface area contributed by atoms with Crippen molar-refractivity contribution >= 4 is 29.5 Å². The summed E-state index contributed by atoms with van der Waals surface area (Å²) >= 11 is 0. The molecular formula is C31H38FN3O4. The minimum atomic E-state index is -0.685. The predicted octanol–water partition coefficient (Wildman–Crippen LogP) is 6.23. The molecule has 0 atom stereocenters. The average molecular weight is 536 g/mol. The van der Waals surface area contributed by atoms with E-state index in [4.69, 9.17) is 4.74 Å². The molecule has 5 rings (SSSR count). The van der Waals surface area contributed by atoms with E-state index in [2.05, 4.69) is 10.3 Å². The topological polar surface area (TPSA) is 91.2 Å². The van der Waals surface area contributed by atoms with Gasteiger partial charge in [0.2, 0.25) is 0 Å². The highest BCUT2D eigenvalue weighted by molar-refractivity contribution is 5.96. The first-order valence-corrected chi connectivity index (χ1v) is 14.3. The third-order valence-electron chi connectivity index (χ3n) is 8.46. The number of amides is 1. The number of ether oxygens (including phenoxy) is 1. The highest BCUT2D eigenvalue weighted by Gasteiger charge is 2.29. The molecule has 3 aliphatic rings. The SMILES string of the molecule is O=C(CC1CCC(CC2CCN(C(=O)c3ccc4c(c3)N=CCCN4)CC2)CC1)OCc1ccc(F)c(O)c1. The van der Waals surface area contributed by atoms with Gasteiger partial charge in [-0.25, -0.2) is 4.39 Å². The molecule has 1 amide bonds. The fraction of sp³-hybridized carbons (Fsp3) is 0.516. The van der Waals surface area contributed by atoms with Crippen molar-refractivity contribution in [1.82, 2.24) is 4.90 Å². The summed E-state index contributed by atoms with van der Waals surface area (Å²) in [7, 11) is 0. The zero-order valence-electron chi connectivity index (χ0n) is 22.4. The van der Waals surface area contributed by atoms with Gasteiger partial charge in [-0.3, -0.25) is 14.6 Å². The first-order valence-electron chi connectivity index (χ1n) is 14.3. The lowest BCUT2D eigenvalue weighted by Crippen LogP contribution is -2.39. The Morgan fingerprint density at radius 1 is 1.00 bits per heavy atom. The van der Waals surface area contributed by atoms with Gasteiger partial charge in [0, 0.05) is 44.3 Å². The van der Waals surface area contributed by atoms with Gasteiger partial charge in [-0.05, 0) is 85.8 Å². The molecule has 1 aliphatic carbocycles. The van der Waals surface area contributed by atoms with E-state index in [9.17, 15) is 19.1 Å². The molecule has 1 saturated carbocycles. The van der Waals surface area contributed by atoms with Gasteiger partial charge < -0.3 is 20.1 Å². The molecule has 0 unspecified atom stereocenters. The number of hydrogen-bond acceptors (Lipinski definition) is 6. The molecule has 2 aromatic rings. The monoisotopic (exact) mass is 535 g/mol. The van der Waals surface area contributed by atoms with Crippen molar-refractivity contribution < 1.29 is 23.8 Å². The van der Waals surface area contributed by atoms with Crippen molar-refractivity contribution in [3.63, 3.8) is 0 Å². The van der Waals surface area contributed by atoms with Crippen molar-refractivity contribution in [2.45, 2.75) is 64.4 Å². The average Bonchev–Trinajstić information content (AvgIpc) is 3.20. The van der Waals surface area contributed by atoms with Gasteiger partial charge in [0.05, 0.1) is 11.4 Å². The van der Waals surface area contributed by atoms with Crippen molar-refractivity contribution in [2.75, 3.05) is 25.0 Å². The number of piperidine rings is 1. The van der Waals surface area contributed by atoms with E-state index < -0.39 is 11.6 Å². The number of hydrogen-bond donors (Lipinski definition) is 2. The van der Waals surface area contributed by atoms with E-state index >= 15 is 0 Å². The number of carbonyl (C=O) groups is 2. The van der Waals surface area contributed by atoms with Crippen LogP contribution in [0.25, 0.3) is 0 Å². The number of aliphatic imine (C=N–C) groups is 1. The molecule has 7 nitrogen and oxygen atoms in total. The van der Waals surface area contributed by atoms with Gasteiger partial charge in [0.15, 0.2) is 11.6 Å². The minimum absolute atomic E-state index is 0.0425. The zero-order chi connectivity index (χ0) is 27.2. The Morgan fingerprint density at radius 2 is 1.74 bits per heavy atom. The molecule has 2 heterocycles. The van der Waals surface area contributed by atoms with Gasteiger partial charge in [0.25, 0.3) is 5.91 Å². The number of phenols is 1. The highest BCUT2D eigenvalue weighted by Crippen LogP contribution is 2.37. The summed E-state index contributed by atoms with van der Waals surface area (Å²) in [5, 5.41) is 12.8.